The molecule has 0 amide bonds. The zero-order valence-corrected chi connectivity index (χ0v) is 12.8. The molecule has 0 aliphatic carbocycles. The Bertz CT molecular complexity index is 594. The second-order valence-corrected chi connectivity index (χ2v) is 5.66. The molecule has 5 nitrogen and oxygen atoms in total. The molecular weight excluding hydrogens is 322 g/mol. The van der Waals surface area contributed by atoms with E-state index in [0.717, 1.165) is 28.8 Å². The number of aromatic nitrogens is 2. The molecule has 1 fully saturated rings. The highest BCUT2D eigenvalue weighted by atomic mass is 79.9. The Balaban J connectivity index is 1.84. The Morgan fingerprint density at radius 1 is 1.40 bits per heavy atom. The van der Waals surface area contributed by atoms with Gasteiger partial charge in [-0.2, -0.15) is 4.98 Å². The van der Waals surface area contributed by atoms with E-state index in [-0.39, 0.29) is 6.04 Å². The lowest BCUT2D eigenvalue weighted by Crippen LogP contribution is -2.26. The van der Waals surface area contributed by atoms with Crippen LogP contribution in [0.25, 0.3) is 11.4 Å². The normalized spacial score (nSPS) is 19.0. The van der Waals surface area contributed by atoms with Crippen LogP contribution in [0.1, 0.15) is 31.2 Å². The zero-order valence-electron chi connectivity index (χ0n) is 11.2. The first-order chi connectivity index (χ1) is 9.78. The maximum absolute atomic E-state index is 5.38. The first kappa shape index (κ1) is 13.6. The van der Waals surface area contributed by atoms with Crippen molar-refractivity contribution in [3.8, 4) is 17.1 Å². The summed E-state index contributed by atoms with van der Waals surface area (Å²) in [5, 5.41) is 7.47. The highest BCUT2D eigenvalue weighted by molar-refractivity contribution is 9.10. The van der Waals surface area contributed by atoms with Gasteiger partial charge < -0.3 is 14.6 Å². The molecule has 20 heavy (non-hydrogen) atoms. The van der Waals surface area contributed by atoms with Crippen molar-refractivity contribution in [1.82, 2.24) is 15.5 Å². The van der Waals surface area contributed by atoms with Crippen LogP contribution in [0.5, 0.6) is 5.75 Å². The van der Waals surface area contributed by atoms with E-state index in [1.54, 1.807) is 7.11 Å². The molecule has 0 radical (unpaired) electrons. The summed E-state index contributed by atoms with van der Waals surface area (Å²) in [7, 11) is 1.64. The molecule has 2 aromatic rings. The van der Waals surface area contributed by atoms with Crippen molar-refractivity contribution in [3.63, 3.8) is 0 Å². The Kier molecular flexibility index (Phi) is 4.03. The van der Waals surface area contributed by atoms with E-state index < -0.39 is 0 Å². The van der Waals surface area contributed by atoms with Gasteiger partial charge in [0.25, 0.3) is 0 Å². The standard InChI is InChI=1S/C14H16BrN3O2/c1-19-12-6-5-9(8-10(12)15)13-17-14(20-18-13)11-4-2-3-7-16-11/h5-6,8,11,16H,2-4,7H2,1H3/t11-/m0/s1. The van der Waals surface area contributed by atoms with Gasteiger partial charge in [0, 0.05) is 5.56 Å². The summed E-state index contributed by atoms with van der Waals surface area (Å²) in [6, 6.07) is 5.93. The van der Waals surface area contributed by atoms with Crippen molar-refractivity contribution in [2.45, 2.75) is 25.3 Å². The van der Waals surface area contributed by atoms with Gasteiger partial charge in [0.15, 0.2) is 0 Å². The van der Waals surface area contributed by atoms with Gasteiger partial charge in [0.2, 0.25) is 11.7 Å². The van der Waals surface area contributed by atoms with Crippen LogP contribution in [0.15, 0.2) is 27.2 Å². The van der Waals surface area contributed by atoms with Crippen LogP contribution in [0, 0.1) is 0 Å². The number of benzene rings is 1. The summed E-state index contributed by atoms with van der Waals surface area (Å²) < 4.78 is 11.5. The summed E-state index contributed by atoms with van der Waals surface area (Å²) in [5.74, 6) is 2.06. The summed E-state index contributed by atoms with van der Waals surface area (Å²) >= 11 is 3.46. The second-order valence-electron chi connectivity index (χ2n) is 4.81. The predicted octanol–water partition coefficient (Wildman–Crippen LogP) is 3.32. The monoisotopic (exact) mass is 337 g/mol. The van der Waals surface area contributed by atoms with Gasteiger partial charge in [-0.3, -0.25) is 0 Å². The third kappa shape index (κ3) is 2.71. The molecule has 1 aliphatic heterocycles. The average molecular weight is 338 g/mol. The lowest BCUT2D eigenvalue weighted by molar-refractivity contribution is 0.297. The fraction of sp³-hybridized carbons (Fsp3) is 0.429. The van der Waals surface area contributed by atoms with Crippen LogP contribution in [-0.4, -0.2) is 23.8 Å². The minimum atomic E-state index is 0.187. The van der Waals surface area contributed by atoms with Crippen molar-refractivity contribution in [3.05, 3.63) is 28.6 Å². The smallest absolute Gasteiger partial charge is 0.244 e. The molecule has 3 rings (SSSR count). The molecule has 106 valence electrons. The first-order valence-corrected chi connectivity index (χ1v) is 7.48. The molecule has 1 atom stereocenters. The Labute approximate surface area is 125 Å². The van der Waals surface area contributed by atoms with Crippen molar-refractivity contribution in [2.24, 2.45) is 0 Å². The summed E-state index contributed by atoms with van der Waals surface area (Å²) in [4.78, 5) is 4.50. The number of piperidine rings is 1. The molecule has 1 N–H and O–H groups in total. The van der Waals surface area contributed by atoms with Gasteiger partial charge >= 0.3 is 0 Å². The predicted molar refractivity (Wildman–Crippen MR) is 78.6 cm³/mol. The summed E-state index contributed by atoms with van der Waals surface area (Å²) in [6.45, 7) is 1.01. The SMILES string of the molecule is COc1ccc(-c2noc([C@@H]3CCCCN3)n2)cc1Br. The molecule has 0 bridgehead atoms. The van der Waals surface area contributed by atoms with Crippen molar-refractivity contribution in [1.29, 1.82) is 0 Å². The van der Waals surface area contributed by atoms with Gasteiger partial charge in [-0.05, 0) is 53.5 Å². The van der Waals surface area contributed by atoms with E-state index in [1.807, 2.05) is 18.2 Å². The average Bonchev–Trinajstić information content (AvgIpc) is 2.98. The maximum atomic E-state index is 5.38. The Hall–Kier alpha value is -1.40. The molecular formula is C14H16BrN3O2. The van der Waals surface area contributed by atoms with Crippen LogP contribution in [0.2, 0.25) is 0 Å². The molecule has 1 aliphatic rings. The number of rotatable bonds is 3. The largest absolute Gasteiger partial charge is 0.496 e. The third-order valence-corrected chi connectivity index (χ3v) is 4.08. The maximum Gasteiger partial charge on any atom is 0.244 e. The summed E-state index contributed by atoms with van der Waals surface area (Å²) in [5.41, 5.74) is 0.906. The van der Waals surface area contributed by atoms with Gasteiger partial charge in [-0.15, -0.1) is 0 Å². The number of halogens is 1. The van der Waals surface area contributed by atoms with Crippen molar-refractivity contribution >= 4 is 15.9 Å². The first-order valence-electron chi connectivity index (χ1n) is 6.69. The minimum absolute atomic E-state index is 0.187. The molecule has 0 spiro atoms. The zero-order chi connectivity index (χ0) is 13.9. The molecule has 2 heterocycles. The number of hydrogen-bond acceptors (Lipinski definition) is 5. The van der Waals surface area contributed by atoms with Crippen molar-refractivity contribution < 1.29 is 9.26 Å². The number of nitrogens with one attached hydrogen (secondary N) is 1. The van der Waals surface area contributed by atoms with E-state index in [2.05, 4.69) is 31.4 Å². The quantitative estimate of drug-likeness (QED) is 0.930. The van der Waals surface area contributed by atoms with Gasteiger partial charge in [-0.25, -0.2) is 0 Å². The molecule has 0 saturated carbocycles. The van der Waals surface area contributed by atoms with Crippen LogP contribution in [0.3, 0.4) is 0 Å². The molecule has 6 heteroatoms. The number of hydrogen-bond donors (Lipinski definition) is 1. The van der Waals surface area contributed by atoms with Gasteiger partial charge in [0.1, 0.15) is 5.75 Å². The fourth-order valence-electron chi connectivity index (χ4n) is 2.36. The lowest BCUT2D eigenvalue weighted by Gasteiger charge is -2.19. The Morgan fingerprint density at radius 2 is 2.30 bits per heavy atom. The molecule has 1 saturated heterocycles. The van der Waals surface area contributed by atoms with E-state index in [1.165, 1.54) is 12.8 Å². The van der Waals surface area contributed by atoms with E-state index in [0.29, 0.717) is 11.7 Å². The molecule has 1 aromatic carbocycles. The van der Waals surface area contributed by atoms with Gasteiger partial charge in [-0.1, -0.05) is 11.6 Å². The van der Waals surface area contributed by atoms with Crippen LogP contribution in [0.4, 0.5) is 0 Å². The topological polar surface area (TPSA) is 60.2 Å². The van der Waals surface area contributed by atoms with Crippen molar-refractivity contribution in [2.75, 3.05) is 13.7 Å². The molecule has 0 unspecified atom stereocenters. The lowest BCUT2D eigenvalue weighted by atomic mass is 10.1. The van der Waals surface area contributed by atoms with Crippen LogP contribution >= 0.6 is 15.9 Å². The van der Waals surface area contributed by atoms with Gasteiger partial charge in [0.05, 0.1) is 17.6 Å². The second kappa shape index (κ2) is 5.93. The minimum Gasteiger partial charge on any atom is -0.496 e. The summed E-state index contributed by atoms with van der Waals surface area (Å²) in [6.07, 6.45) is 3.46. The highest BCUT2D eigenvalue weighted by Gasteiger charge is 2.21. The number of ether oxygens (including phenoxy) is 1. The highest BCUT2D eigenvalue weighted by Crippen LogP contribution is 2.30. The van der Waals surface area contributed by atoms with Crippen LogP contribution < -0.4 is 10.1 Å². The molecule has 1 aromatic heterocycles. The Morgan fingerprint density at radius 3 is 3.00 bits per heavy atom. The fourth-order valence-corrected chi connectivity index (χ4v) is 2.90. The van der Waals surface area contributed by atoms with Crippen LogP contribution in [-0.2, 0) is 0 Å². The van der Waals surface area contributed by atoms with E-state index >= 15 is 0 Å². The number of nitrogens with zero attached hydrogens (tertiary/aromatic N) is 2. The third-order valence-electron chi connectivity index (χ3n) is 3.46. The van der Waals surface area contributed by atoms with E-state index in [4.69, 9.17) is 9.26 Å². The number of methoxy groups -OCH3 is 1. The van der Waals surface area contributed by atoms with E-state index in [9.17, 15) is 0 Å².